The highest BCUT2D eigenvalue weighted by molar-refractivity contribution is 7.89. The van der Waals surface area contributed by atoms with Crippen LogP contribution in [0.5, 0.6) is 0 Å². The maximum atomic E-state index is 11.5. The molecular weight excluding hydrogens is 204 g/mol. The van der Waals surface area contributed by atoms with Gasteiger partial charge in [-0.05, 0) is 19.9 Å². The van der Waals surface area contributed by atoms with E-state index in [1.807, 2.05) is 6.92 Å². The second-order valence-electron chi connectivity index (χ2n) is 2.98. The Kier molecular flexibility index (Phi) is 7.08. The molecule has 6 heteroatoms. The summed E-state index contributed by atoms with van der Waals surface area (Å²) in [4.78, 5) is 0. The Morgan fingerprint density at radius 2 is 2.07 bits per heavy atom. The highest BCUT2D eigenvalue weighted by Gasteiger charge is 2.16. The predicted molar refractivity (Wildman–Crippen MR) is 56.6 cm³/mol. The molecule has 0 aromatic heterocycles. The number of likely N-dealkylation sites (N-methyl/N-ethyl adjacent to an activating group) is 1. The molecule has 2 N–H and O–H groups in total. The van der Waals surface area contributed by atoms with E-state index in [0.717, 1.165) is 0 Å². The van der Waals surface area contributed by atoms with Crippen molar-refractivity contribution in [3.8, 4) is 0 Å². The molecule has 0 aliphatic heterocycles. The van der Waals surface area contributed by atoms with Crippen molar-refractivity contribution in [2.75, 3.05) is 39.1 Å². The molecule has 0 aliphatic carbocycles. The molecule has 0 aromatic carbocycles. The summed E-state index contributed by atoms with van der Waals surface area (Å²) >= 11 is 0. The molecule has 0 saturated heterocycles. The molecule has 0 atom stereocenters. The molecule has 0 aromatic rings. The minimum Gasteiger partial charge on any atom is -0.380 e. The van der Waals surface area contributed by atoms with Gasteiger partial charge in [-0.1, -0.05) is 0 Å². The SMILES string of the molecule is CCOCCN(C)S(=O)(=O)CCCN. The Morgan fingerprint density at radius 1 is 1.43 bits per heavy atom. The number of ether oxygens (including phenoxy) is 1. The minimum atomic E-state index is -3.13. The van der Waals surface area contributed by atoms with Crippen LogP contribution in [0.25, 0.3) is 0 Å². The van der Waals surface area contributed by atoms with Crippen LogP contribution in [0.4, 0.5) is 0 Å². The average molecular weight is 224 g/mol. The fourth-order valence-electron chi connectivity index (χ4n) is 0.898. The van der Waals surface area contributed by atoms with Gasteiger partial charge in [-0.3, -0.25) is 0 Å². The Labute approximate surface area is 86.3 Å². The lowest BCUT2D eigenvalue weighted by Crippen LogP contribution is -2.32. The first-order chi connectivity index (χ1) is 6.54. The fourth-order valence-corrected chi connectivity index (χ4v) is 2.09. The fraction of sp³-hybridized carbons (Fsp3) is 1.00. The number of rotatable bonds is 8. The summed E-state index contributed by atoms with van der Waals surface area (Å²) in [6.07, 6.45) is 0.501. The normalized spacial score (nSPS) is 12.3. The molecule has 5 nitrogen and oxygen atoms in total. The van der Waals surface area contributed by atoms with Gasteiger partial charge < -0.3 is 10.5 Å². The summed E-state index contributed by atoms with van der Waals surface area (Å²) in [7, 11) is -1.57. The van der Waals surface area contributed by atoms with Crippen LogP contribution in [0.1, 0.15) is 13.3 Å². The van der Waals surface area contributed by atoms with Crippen molar-refractivity contribution in [2.24, 2.45) is 5.73 Å². The van der Waals surface area contributed by atoms with Crippen molar-refractivity contribution in [2.45, 2.75) is 13.3 Å². The first-order valence-electron chi connectivity index (χ1n) is 4.76. The number of hydrogen-bond acceptors (Lipinski definition) is 4. The summed E-state index contributed by atoms with van der Waals surface area (Å²) in [6, 6.07) is 0. The molecule has 0 unspecified atom stereocenters. The van der Waals surface area contributed by atoms with Crippen LogP contribution in [0.15, 0.2) is 0 Å². The molecule has 0 bridgehead atoms. The average Bonchev–Trinajstić information content (AvgIpc) is 2.15. The third kappa shape index (κ3) is 5.54. The highest BCUT2D eigenvalue weighted by Crippen LogP contribution is 1.99. The van der Waals surface area contributed by atoms with E-state index in [9.17, 15) is 8.42 Å². The van der Waals surface area contributed by atoms with E-state index in [4.69, 9.17) is 10.5 Å². The molecule has 0 aliphatic rings. The van der Waals surface area contributed by atoms with Gasteiger partial charge in [-0.25, -0.2) is 12.7 Å². The van der Waals surface area contributed by atoms with Crippen LogP contribution in [0, 0.1) is 0 Å². The highest BCUT2D eigenvalue weighted by atomic mass is 32.2. The topological polar surface area (TPSA) is 72.6 Å². The lowest BCUT2D eigenvalue weighted by Gasteiger charge is -2.16. The van der Waals surface area contributed by atoms with Gasteiger partial charge in [0.1, 0.15) is 0 Å². The molecule has 0 spiro atoms. The van der Waals surface area contributed by atoms with Gasteiger partial charge in [0, 0.05) is 20.2 Å². The van der Waals surface area contributed by atoms with E-state index in [0.29, 0.717) is 32.7 Å². The summed E-state index contributed by atoms with van der Waals surface area (Å²) in [5.41, 5.74) is 5.25. The number of nitrogens with two attached hydrogens (primary N) is 1. The molecular formula is C8H20N2O3S. The van der Waals surface area contributed by atoms with Gasteiger partial charge in [0.15, 0.2) is 0 Å². The summed E-state index contributed by atoms with van der Waals surface area (Å²) in [5, 5.41) is 0. The van der Waals surface area contributed by atoms with E-state index < -0.39 is 10.0 Å². The van der Waals surface area contributed by atoms with E-state index in [-0.39, 0.29) is 5.75 Å². The molecule has 0 rings (SSSR count). The lowest BCUT2D eigenvalue weighted by atomic mass is 10.5. The standard InChI is InChI=1S/C8H20N2O3S/c1-3-13-7-6-10(2)14(11,12)8-4-5-9/h3-9H2,1-2H3. The molecule has 0 radical (unpaired) electrons. The first-order valence-corrected chi connectivity index (χ1v) is 6.37. The van der Waals surface area contributed by atoms with E-state index >= 15 is 0 Å². The number of hydrogen-bond donors (Lipinski definition) is 1. The van der Waals surface area contributed by atoms with Gasteiger partial charge in [0.2, 0.25) is 10.0 Å². The largest absolute Gasteiger partial charge is 0.380 e. The third-order valence-corrected chi connectivity index (χ3v) is 3.77. The molecule has 14 heavy (non-hydrogen) atoms. The Balaban J connectivity index is 3.89. The Morgan fingerprint density at radius 3 is 2.57 bits per heavy atom. The zero-order chi connectivity index (χ0) is 11.0. The van der Waals surface area contributed by atoms with Crippen LogP contribution in [0.3, 0.4) is 0 Å². The van der Waals surface area contributed by atoms with Crippen LogP contribution < -0.4 is 5.73 Å². The van der Waals surface area contributed by atoms with Crippen molar-refractivity contribution in [3.63, 3.8) is 0 Å². The molecule has 0 fully saturated rings. The van der Waals surface area contributed by atoms with Crippen molar-refractivity contribution in [1.29, 1.82) is 0 Å². The molecule has 86 valence electrons. The number of sulfonamides is 1. The molecule has 0 saturated carbocycles. The van der Waals surface area contributed by atoms with E-state index in [1.165, 1.54) is 4.31 Å². The second-order valence-corrected chi connectivity index (χ2v) is 5.17. The van der Waals surface area contributed by atoms with Gasteiger partial charge in [-0.2, -0.15) is 0 Å². The predicted octanol–water partition coefficient (Wildman–Crippen LogP) is -0.367. The molecule has 0 amide bonds. The molecule has 0 heterocycles. The van der Waals surface area contributed by atoms with Gasteiger partial charge in [0.05, 0.1) is 12.4 Å². The van der Waals surface area contributed by atoms with Gasteiger partial charge in [-0.15, -0.1) is 0 Å². The van der Waals surface area contributed by atoms with Crippen molar-refractivity contribution in [1.82, 2.24) is 4.31 Å². The smallest absolute Gasteiger partial charge is 0.213 e. The van der Waals surface area contributed by atoms with Crippen molar-refractivity contribution in [3.05, 3.63) is 0 Å². The van der Waals surface area contributed by atoms with E-state index in [1.54, 1.807) is 7.05 Å². The summed E-state index contributed by atoms with van der Waals surface area (Å²) < 4.78 is 29.4. The summed E-state index contributed by atoms with van der Waals surface area (Å²) in [6.45, 7) is 3.73. The quantitative estimate of drug-likeness (QED) is 0.571. The maximum Gasteiger partial charge on any atom is 0.213 e. The van der Waals surface area contributed by atoms with Gasteiger partial charge >= 0.3 is 0 Å². The van der Waals surface area contributed by atoms with Crippen LogP contribution in [-0.4, -0.2) is 51.8 Å². The second kappa shape index (κ2) is 7.17. The Bertz CT molecular complexity index is 229. The van der Waals surface area contributed by atoms with Crippen LogP contribution in [-0.2, 0) is 14.8 Å². The zero-order valence-corrected chi connectivity index (χ0v) is 9.72. The van der Waals surface area contributed by atoms with E-state index in [2.05, 4.69) is 0 Å². The van der Waals surface area contributed by atoms with Crippen LogP contribution >= 0.6 is 0 Å². The van der Waals surface area contributed by atoms with Gasteiger partial charge in [0.25, 0.3) is 0 Å². The number of nitrogens with zero attached hydrogens (tertiary/aromatic N) is 1. The maximum absolute atomic E-state index is 11.5. The summed E-state index contributed by atoms with van der Waals surface area (Å²) in [5.74, 6) is 0.117. The lowest BCUT2D eigenvalue weighted by molar-refractivity contribution is 0.138. The monoisotopic (exact) mass is 224 g/mol. The zero-order valence-electron chi connectivity index (χ0n) is 8.90. The van der Waals surface area contributed by atoms with Crippen LogP contribution in [0.2, 0.25) is 0 Å². The minimum absolute atomic E-state index is 0.117. The third-order valence-electron chi connectivity index (χ3n) is 1.84. The van der Waals surface area contributed by atoms with Crippen molar-refractivity contribution >= 4 is 10.0 Å². The first kappa shape index (κ1) is 13.8. The van der Waals surface area contributed by atoms with Crippen molar-refractivity contribution < 1.29 is 13.2 Å². The Hall–Kier alpha value is -0.170.